The Balaban J connectivity index is -0.0000000646. The summed E-state index contributed by atoms with van der Waals surface area (Å²) >= 11 is 0. The van der Waals surface area contributed by atoms with E-state index >= 15 is 0 Å². The van der Waals surface area contributed by atoms with Crippen LogP contribution in [0.15, 0.2) is 25.3 Å². The molecular formula is C8H16O. The largest absolute Gasteiger partial charge is 0.307 e. The number of hydrogen-bond donors (Lipinski definition) is 0. The van der Waals surface area contributed by atoms with Gasteiger partial charge in [0.05, 0.1) is 0 Å². The highest BCUT2D eigenvalue weighted by molar-refractivity contribution is 5.10. The fraction of sp³-hybridized carbons (Fsp3) is 0.375. The van der Waals surface area contributed by atoms with Gasteiger partial charge in [-0.25, -0.2) is 0 Å². The molecule has 0 bridgehead atoms. The van der Waals surface area contributed by atoms with Crippen molar-refractivity contribution < 1.29 is 4.79 Å². The van der Waals surface area contributed by atoms with E-state index in [4.69, 9.17) is 4.79 Å². The smallest absolute Gasteiger partial charge is 0.106 e. The quantitative estimate of drug-likeness (QED) is 0.496. The zero-order valence-electron chi connectivity index (χ0n) is 6.39. The zero-order chi connectivity index (χ0) is 8.12. The van der Waals surface area contributed by atoms with E-state index in [2.05, 4.69) is 20.1 Å². The third-order valence-corrected chi connectivity index (χ3v) is 0.289. The van der Waals surface area contributed by atoms with Crippen molar-refractivity contribution in [3.63, 3.8) is 0 Å². The molecule has 0 fully saturated rings. The van der Waals surface area contributed by atoms with Crippen molar-refractivity contribution in [2.24, 2.45) is 0 Å². The maximum atomic E-state index is 8.00. The first-order valence-electron chi connectivity index (χ1n) is 2.80. The summed E-state index contributed by atoms with van der Waals surface area (Å²) in [7, 11) is 0. The first-order chi connectivity index (χ1) is 4.33. The Morgan fingerprint density at radius 2 is 1.44 bits per heavy atom. The Kier molecular flexibility index (Phi) is 102. The van der Waals surface area contributed by atoms with Crippen molar-refractivity contribution in [1.29, 1.82) is 0 Å². The van der Waals surface area contributed by atoms with E-state index in [0.717, 1.165) is 6.42 Å². The SMILES string of the molecule is C=CC.C=CCC.C=O. The minimum absolute atomic E-state index is 1.08. The molecule has 0 heterocycles. The molecule has 0 saturated heterocycles. The third kappa shape index (κ3) is 8430. The molecule has 0 aliphatic carbocycles. The van der Waals surface area contributed by atoms with Crippen LogP contribution in [0.4, 0.5) is 0 Å². The van der Waals surface area contributed by atoms with Gasteiger partial charge < -0.3 is 4.79 Å². The fourth-order valence-electron chi connectivity index (χ4n) is 0. The molecule has 0 aliphatic rings. The van der Waals surface area contributed by atoms with Crippen LogP contribution >= 0.6 is 0 Å². The van der Waals surface area contributed by atoms with Gasteiger partial charge in [-0.05, 0) is 13.3 Å². The monoisotopic (exact) mass is 128 g/mol. The van der Waals surface area contributed by atoms with E-state index in [-0.39, 0.29) is 0 Å². The summed E-state index contributed by atoms with van der Waals surface area (Å²) in [4.78, 5) is 8.00. The Morgan fingerprint density at radius 3 is 1.44 bits per heavy atom. The van der Waals surface area contributed by atoms with Gasteiger partial charge in [0.15, 0.2) is 0 Å². The standard InChI is InChI=1S/C4H8.C3H6.CH2O/c1-3-4-2;1-3-2;1-2/h3H,1,4H2,2H3;3H,1H2,2H3;1H2. The molecule has 0 aromatic carbocycles. The number of carbonyl (C=O) groups excluding carboxylic acids is 1. The topological polar surface area (TPSA) is 17.1 Å². The molecule has 0 atom stereocenters. The molecular weight excluding hydrogens is 112 g/mol. The van der Waals surface area contributed by atoms with Crippen molar-refractivity contribution in [1.82, 2.24) is 0 Å². The lowest BCUT2D eigenvalue weighted by Gasteiger charge is -1.57. The highest BCUT2D eigenvalue weighted by Gasteiger charge is 1.45. The van der Waals surface area contributed by atoms with Gasteiger partial charge >= 0.3 is 0 Å². The van der Waals surface area contributed by atoms with Crippen molar-refractivity contribution >= 4 is 6.79 Å². The van der Waals surface area contributed by atoms with E-state index in [1.54, 1.807) is 6.08 Å². The molecule has 0 aromatic rings. The second-order valence-electron chi connectivity index (χ2n) is 1.11. The average molecular weight is 128 g/mol. The lowest BCUT2D eigenvalue weighted by atomic mass is 10.5. The first-order valence-corrected chi connectivity index (χ1v) is 2.80. The van der Waals surface area contributed by atoms with Gasteiger partial charge in [0.25, 0.3) is 0 Å². The second-order valence-corrected chi connectivity index (χ2v) is 1.11. The van der Waals surface area contributed by atoms with Crippen LogP contribution in [0.5, 0.6) is 0 Å². The number of hydrogen-bond acceptors (Lipinski definition) is 1. The first kappa shape index (κ1) is 15.7. The molecule has 0 saturated carbocycles. The minimum Gasteiger partial charge on any atom is -0.307 e. The van der Waals surface area contributed by atoms with Gasteiger partial charge in [0.2, 0.25) is 0 Å². The van der Waals surface area contributed by atoms with E-state index in [1.165, 1.54) is 0 Å². The maximum Gasteiger partial charge on any atom is 0.106 e. The Hall–Kier alpha value is -0.850. The average Bonchev–Trinajstić information content (AvgIpc) is 1.94. The van der Waals surface area contributed by atoms with Gasteiger partial charge in [-0.15, -0.1) is 13.2 Å². The van der Waals surface area contributed by atoms with Crippen LogP contribution in [-0.2, 0) is 4.79 Å². The molecule has 0 spiro atoms. The summed E-state index contributed by atoms with van der Waals surface area (Å²) in [6.07, 6.45) is 4.71. The fourth-order valence-corrected chi connectivity index (χ4v) is 0. The molecule has 0 aromatic heterocycles. The Morgan fingerprint density at radius 1 is 1.33 bits per heavy atom. The number of carbonyl (C=O) groups is 1. The zero-order valence-corrected chi connectivity index (χ0v) is 6.39. The lowest BCUT2D eigenvalue weighted by Crippen LogP contribution is -1.36. The molecule has 0 unspecified atom stereocenters. The van der Waals surface area contributed by atoms with Crippen LogP contribution in [0.1, 0.15) is 20.3 Å². The molecule has 0 aliphatic heterocycles. The van der Waals surface area contributed by atoms with Crippen LogP contribution in [-0.4, -0.2) is 6.79 Å². The maximum absolute atomic E-state index is 8.00. The molecule has 0 amide bonds. The molecule has 9 heavy (non-hydrogen) atoms. The van der Waals surface area contributed by atoms with Crippen LogP contribution in [0.2, 0.25) is 0 Å². The second kappa shape index (κ2) is 58.5. The van der Waals surface area contributed by atoms with Gasteiger partial charge in [0.1, 0.15) is 6.79 Å². The lowest BCUT2D eigenvalue weighted by molar-refractivity contribution is -0.0979. The van der Waals surface area contributed by atoms with E-state index in [0.29, 0.717) is 0 Å². The highest BCUT2D eigenvalue weighted by atomic mass is 16.1. The van der Waals surface area contributed by atoms with Crippen LogP contribution < -0.4 is 0 Å². The van der Waals surface area contributed by atoms with E-state index in [9.17, 15) is 0 Å². The number of allylic oxidation sites excluding steroid dienone is 2. The van der Waals surface area contributed by atoms with Gasteiger partial charge in [-0.3, -0.25) is 0 Å². The van der Waals surface area contributed by atoms with Gasteiger partial charge in [-0.2, -0.15) is 0 Å². The summed E-state index contributed by atoms with van der Waals surface area (Å²) < 4.78 is 0. The number of rotatable bonds is 1. The molecule has 54 valence electrons. The van der Waals surface area contributed by atoms with Gasteiger partial charge in [-0.1, -0.05) is 19.1 Å². The Bertz CT molecular complexity index is 48.5. The molecule has 1 nitrogen and oxygen atoms in total. The normalized spacial score (nSPS) is 4.67. The highest BCUT2D eigenvalue weighted by Crippen LogP contribution is 1.66. The summed E-state index contributed by atoms with van der Waals surface area (Å²) in [5.74, 6) is 0. The molecule has 0 rings (SSSR count). The minimum atomic E-state index is 1.08. The summed E-state index contributed by atoms with van der Waals surface area (Å²) in [5, 5.41) is 0. The van der Waals surface area contributed by atoms with E-state index in [1.807, 2.05) is 19.8 Å². The third-order valence-electron chi connectivity index (χ3n) is 0.289. The van der Waals surface area contributed by atoms with Crippen LogP contribution in [0.25, 0.3) is 0 Å². The van der Waals surface area contributed by atoms with Crippen LogP contribution in [0, 0.1) is 0 Å². The molecule has 1 heteroatoms. The van der Waals surface area contributed by atoms with E-state index < -0.39 is 0 Å². The summed E-state index contributed by atoms with van der Waals surface area (Å²) in [6, 6.07) is 0. The molecule has 0 radical (unpaired) electrons. The molecule has 0 N–H and O–H groups in total. The van der Waals surface area contributed by atoms with Crippen molar-refractivity contribution in [3.05, 3.63) is 25.3 Å². The van der Waals surface area contributed by atoms with Gasteiger partial charge in [0, 0.05) is 0 Å². The predicted octanol–water partition coefficient (Wildman–Crippen LogP) is 2.59. The Labute approximate surface area is 58.1 Å². The summed E-state index contributed by atoms with van der Waals surface area (Å²) in [6.45, 7) is 12.8. The summed E-state index contributed by atoms with van der Waals surface area (Å²) in [5.41, 5.74) is 0. The van der Waals surface area contributed by atoms with Crippen molar-refractivity contribution in [2.75, 3.05) is 0 Å². The van der Waals surface area contributed by atoms with Crippen molar-refractivity contribution in [3.8, 4) is 0 Å². The van der Waals surface area contributed by atoms with Crippen LogP contribution in [0.3, 0.4) is 0 Å². The van der Waals surface area contributed by atoms with Crippen molar-refractivity contribution in [2.45, 2.75) is 20.3 Å². The predicted molar refractivity (Wildman–Crippen MR) is 43.5 cm³/mol.